The number of carbonyl (C=O) groups is 1. The zero-order valence-corrected chi connectivity index (χ0v) is 10.6. The number of rotatable bonds is 5. The van der Waals surface area contributed by atoms with Crippen LogP contribution in [0.25, 0.3) is 0 Å². The molecule has 0 aromatic carbocycles. The van der Waals surface area contributed by atoms with Gasteiger partial charge in [0.1, 0.15) is 0 Å². The summed E-state index contributed by atoms with van der Waals surface area (Å²) in [6, 6.07) is 0. The predicted molar refractivity (Wildman–Crippen MR) is 60.1 cm³/mol. The van der Waals surface area contributed by atoms with Gasteiger partial charge in [-0.15, -0.1) is 0 Å². The van der Waals surface area contributed by atoms with E-state index in [0.29, 0.717) is 0 Å². The van der Waals surface area contributed by atoms with Crippen molar-refractivity contribution in [1.29, 1.82) is 0 Å². The smallest absolute Gasteiger partial charge is 0.223 e. The molecule has 2 unspecified atom stereocenters. The van der Waals surface area contributed by atoms with Gasteiger partial charge >= 0.3 is 0 Å². The fraction of sp³-hybridized carbons (Fsp3) is 0.900. The average Bonchev–Trinajstić information content (AvgIpc) is 2.16. The minimum absolute atomic E-state index is 0.0967. The van der Waals surface area contributed by atoms with Crippen LogP contribution in [-0.2, 0) is 4.79 Å². The zero-order valence-electron chi connectivity index (χ0n) is 8.98. The first-order chi connectivity index (χ1) is 5.99. The van der Waals surface area contributed by atoms with E-state index >= 15 is 0 Å². The lowest BCUT2D eigenvalue weighted by atomic mass is 9.99. The van der Waals surface area contributed by atoms with Gasteiger partial charge in [0.2, 0.25) is 5.91 Å². The summed E-state index contributed by atoms with van der Waals surface area (Å²) < 4.78 is 0. The summed E-state index contributed by atoms with van der Waals surface area (Å²) in [5.74, 6) is 0.274. The molecule has 0 aliphatic carbocycles. The highest BCUT2D eigenvalue weighted by atomic mass is 79.9. The minimum atomic E-state index is -0.0967. The molecule has 0 fully saturated rings. The first-order valence-electron chi connectivity index (χ1n) is 4.87. The van der Waals surface area contributed by atoms with Crippen LogP contribution in [0.5, 0.6) is 0 Å². The van der Waals surface area contributed by atoms with Gasteiger partial charge in [-0.3, -0.25) is 4.79 Å². The Morgan fingerprint density at radius 2 is 2.08 bits per heavy atom. The van der Waals surface area contributed by atoms with Gasteiger partial charge in [0.25, 0.3) is 0 Å². The number of amides is 1. The second kappa shape index (κ2) is 5.63. The Labute approximate surface area is 89.6 Å². The van der Waals surface area contributed by atoms with Crippen molar-refractivity contribution in [1.82, 2.24) is 5.32 Å². The van der Waals surface area contributed by atoms with Gasteiger partial charge in [0.15, 0.2) is 0 Å². The fourth-order valence-electron chi connectivity index (χ4n) is 0.822. The SMILES string of the molecule is CCC(C)C(=O)NC(C)(CC)CBr. The second-order valence-electron chi connectivity index (χ2n) is 3.85. The Balaban J connectivity index is 4.17. The molecular weight excluding hydrogens is 230 g/mol. The standard InChI is InChI=1S/C10H20BrNO/c1-5-8(3)9(13)12-10(4,6-2)7-11/h8H,5-7H2,1-4H3,(H,12,13). The summed E-state index contributed by atoms with van der Waals surface area (Å²) in [5.41, 5.74) is -0.0967. The summed E-state index contributed by atoms with van der Waals surface area (Å²) in [7, 11) is 0. The monoisotopic (exact) mass is 249 g/mol. The lowest BCUT2D eigenvalue weighted by Crippen LogP contribution is -2.48. The molecule has 1 amide bonds. The van der Waals surface area contributed by atoms with Crippen molar-refractivity contribution in [2.45, 2.75) is 46.1 Å². The number of carbonyl (C=O) groups excluding carboxylic acids is 1. The van der Waals surface area contributed by atoms with E-state index in [-0.39, 0.29) is 17.4 Å². The van der Waals surface area contributed by atoms with E-state index in [1.54, 1.807) is 0 Å². The highest BCUT2D eigenvalue weighted by Gasteiger charge is 2.24. The van der Waals surface area contributed by atoms with Crippen LogP contribution in [0.1, 0.15) is 40.5 Å². The van der Waals surface area contributed by atoms with Crippen LogP contribution >= 0.6 is 15.9 Å². The summed E-state index contributed by atoms with van der Waals surface area (Å²) >= 11 is 3.42. The molecule has 2 nitrogen and oxygen atoms in total. The number of halogens is 1. The third kappa shape index (κ3) is 4.12. The Kier molecular flexibility index (Phi) is 5.61. The van der Waals surface area contributed by atoms with Crippen molar-refractivity contribution in [3.05, 3.63) is 0 Å². The van der Waals surface area contributed by atoms with E-state index < -0.39 is 0 Å². The van der Waals surface area contributed by atoms with E-state index in [9.17, 15) is 4.79 Å². The second-order valence-corrected chi connectivity index (χ2v) is 4.41. The number of hydrogen-bond donors (Lipinski definition) is 1. The largest absolute Gasteiger partial charge is 0.350 e. The molecule has 0 radical (unpaired) electrons. The van der Waals surface area contributed by atoms with Gasteiger partial charge in [-0.2, -0.15) is 0 Å². The molecule has 0 aromatic heterocycles. The van der Waals surface area contributed by atoms with Crippen molar-refractivity contribution < 1.29 is 4.79 Å². The minimum Gasteiger partial charge on any atom is -0.350 e. The Bertz CT molecular complexity index is 166. The first-order valence-corrected chi connectivity index (χ1v) is 5.99. The first kappa shape index (κ1) is 12.9. The van der Waals surface area contributed by atoms with Gasteiger partial charge in [-0.05, 0) is 19.8 Å². The molecule has 0 aromatic rings. The van der Waals surface area contributed by atoms with E-state index in [1.807, 2.05) is 13.8 Å². The lowest BCUT2D eigenvalue weighted by molar-refractivity contribution is -0.126. The van der Waals surface area contributed by atoms with Crippen LogP contribution in [0.2, 0.25) is 0 Å². The molecule has 0 saturated heterocycles. The van der Waals surface area contributed by atoms with Gasteiger partial charge in [0.05, 0.1) is 0 Å². The molecule has 0 heterocycles. The Morgan fingerprint density at radius 1 is 1.54 bits per heavy atom. The molecule has 78 valence electrons. The molecule has 0 spiro atoms. The summed E-state index contributed by atoms with van der Waals surface area (Å²) in [6.07, 6.45) is 1.84. The Morgan fingerprint density at radius 3 is 2.38 bits per heavy atom. The van der Waals surface area contributed by atoms with E-state index in [4.69, 9.17) is 0 Å². The maximum absolute atomic E-state index is 11.6. The predicted octanol–water partition coefficient (Wildman–Crippen LogP) is 2.71. The van der Waals surface area contributed by atoms with Crippen LogP contribution < -0.4 is 5.32 Å². The molecule has 0 bridgehead atoms. The van der Waals surface area contributed by atoms with Gasteiger partial charge in [-0.1, -0.05) is 36.7 Å². The normalized spacial score (nSPS) is 17.6. The van der Waals surface area contributed by atoms with Crippen LogP contribution in [0.3, 0.4) is 0 Å². The molecule has 13 heavy (non-hydrogen) atoms. The third-order valence-electron chi connectivity index (χ3n) is 2.56. The average molecular weight is 250 g/mol. The van der Waals surface area contributed by atoms with Crippen molar-refractivity contribution in [3.8, 4) is 0 Å². The van der Waals surface area contributed by atoms with Crippen LogP contribution in [0.15, 0.2) is 0 Å². The summed E-state index contributed by atoms with van der Waals surface area (Å²) in [5, 5.41) is 3.86. The highest BCUT2D eigenvalue weighted by molar-refractivity contribution is 9.09. The fourth-order valence-corrected chi connectivity index (χ4v) is 1.36. The van der Waals surface area contributed by atoms with Crippen molar-refractivity contribution in [2.75, 3.05) is 5.33 Å². The number of nitrogens with one attached hydrogen (secondary N) is 1. The summed E-state index contributed by atoms with van der Waals surface area (Å²) in [4.78, 5) is 11.6. The van der Waals surface area contributed by atoms with Crippen molar-refractivity contribution >= 4 is 21.8 Å². The topological polar surface area (TPSA) is 29.1 Å². The van der Waals surface area contributed by atoms with Crippen LogP contribution in [0.4, 0.5) is 0 Å². The Hall–Kier alpha value is -0.0500. The quantitative estimate of drug-likeness (QED) is 0.747. The van der Waals surface area contributed by atoms with Crippen LogP contribution in [0, 0.1) is 5.92 Å². The molecule has 1 N–H and O–H groups in total. The molecular formula is C10H20BrNO. The van der Waals surface area contributed by atoms with Crippen molar-refractivity contribution in [2.24, 2.45) is 5.92 Å². The molecule has 2 atom stereocenters. The number of alkyl halides is 1. The lowest BCUT2D eigenvalue weighted by Gasteiger charge is -2.28. The zero-order chi connectivity index (χ0) is 10.5. The molecule has 0 rings (SSSR count). The maximum Gasteiger partial charge on any atom is 0.223 e. The number of hydrogen-bond acceptors (Lipinski definition) is 1. The molecule has 0 saturated carbocycles. The van der Waals surface area contributed by atoms with Crippen LogP contribution in [-0.4, -0.2) is 16.8 Å². The molecule has 3 heteroatoms. The van der Waals surface area contributed by atoms with E-state index in [2.05, 4.69) is 35.1 Å². The highest BCUT2D eigenvalue weighted by Crippen LogP contribution is 2.14. The molecule has 0 aliphatic heterocycles. The van der Waals surface area contributed by atoms with E-state index in [1.165, 1.54) is 0 Å². The van der Waals surface area contributed by atoms with E-state index in [0.717, 1.165) is 18.2 Å². The van der Waals surface area contributed by atoms with Crippen molar-refractivity contribution in [3.63, 3.8) is 0 Å². The van der Waals surface area contributed by atoms with Gasteiger partial charge in [-0.25, -0.2) is 0 Å². The molecule has 0 aliphatic rings. The summed E-state index contributed by atoms with van der Waals surface area (Å²) in [6.45, 7) is 8.13. The van der Waals surface area contributed by atoms with Gasteiger partial charge < -0.3 is 5.32 Å². The van der Waals surface area contributed by atoms with Gasteiger partial charge in [0, 0.05) is 16.8 Å². The third-order valence-corrected chi connectivity index (χ3v) is 3.80. The maximum atomic E-state index is 11.6.